The molecule has 8 aromatic carbocycles. The standard InChI is InChI=1S/C59H62N2/c1-7-18-43(8-2)56(9-3)48-26-25-46-31-38-55(42-49(46)41-48)60(51-21-13-12-14-22-51)52-34-27-44(28-35-52)45-29-36-53(37-30-45)61(58-24-17-20-47-19-15-16-23-57(47)58)54-39-32-50(33-40-54)59(6,10-4)11-5/h12-17,19-43,56H,7-11,18H2,1-6H3. The van der Waals surface area contributed by atoms with Crippen molar-refractivity contribution >= 4 is 55.7 Å². The summed E-state index contributed by atoms with van der Waals surface area (Å²) in [6.07, 6.45) is 7.15. The zero-order valence-corrected chi connectivity index (χ0v) is 37.1. The summed E-state index contributed by atoms with van der Waals surface area (Å²) in [4.78, 5) is 4.80. The molecule has 0 aliphatic carbocycles. The maximum Gasteiger partial charge on any atom is 0.0540 e. The number of nitrogens with zero attached hydrogens (tertiary/aromatic N) is 2. The zero-order valence-electron chi connectivity index (χ0n) is 37.1. The van der Waals surface area contributed by atoms with Gasteiger partial charge in [-0.1, -0.05) is 176 Å². The van der Waals surface area contributed by atoms with Crippen LogP contribution >= 0.6 is 0 Å². The summed E-state index contributed by atoms with van der Waals surface area (Å²) in [6.45, 7) is 14.0. The van der Waals surface area contributed by atoms with Crippen molar-refractivity contribution in [3.8, 4) is 11.1 Å². The highest BCUT2D eigenvalue weighted by atomic mass is 15.1. The molecule has 0 saturated carbocycles. The number of anilines is 6. The molecule has 0 heterocycles. The van der Waals surface area contributed by atoms with E-state index in [-0.39, 0.29) is 5.41 Å². The van der Waals surface area contributed by atoms with Crippen LogP contribution in [0.3, 0.4) is 0 Å². The van der Waals surface area contributed by atoms with Gasteiger partial charge in [0.15, 0.2) is 0 Å². The Morgan fingerprint density at radius 1 is 0.443 bits per heavy atom. The van der Waals surface area contributed by atoms with Gasteiger partial charge in [0.2, 0.25) is 0 Å². The van der Waals surface area contributed by atoms with Gasteiger partial charge in [-0.2, -0.15) is 0 Å². The summed E-state index contributed by atoms with van der Waals surface area (Å²) in [7, 11) is 0. The van der Waals surface area contributed by atoms with Gasteiger partial charge in [-0.05, 0) is 142 Å². The van der Waals surface area contributed by atoms with Crippen molar-refractivity contribution < 1.29 is 0 Å². The molecule has 0 saturated heterocycles. The van der Waals surface area contributed by atoms with E-state index in [9.17, 15) is 0 Å². The molecular formula is C59H62N2. The van der Waals surface area contributed by atoms with Gasteiger partial charge in [-0.3, -0.25) is 0 Å². The maximum absolute atomic E-state index is 2.46. The lowest BCUT2D eigenvalue weighted by Crippen LogP contribution is -2.19. The largest absolute Gasteiger partial charge is 0.310 e. The Bertz CT molecular complexity index is 2650. The van der Waals surface area contributed by atoms with Crippen LogP contribution in [-0.2, 0) is 5.41 Å². The summed E-state index contributed by atoms with van der Waals surface area (Å²) < 4.78 is 0. The van der Waals surface area contributed by atoms with Gasteiger partial charge in [-0.15, -0.1) is 0 Å². The van der Waals surface area contributed by atoms with Crippen LogP contribution in [0.25, 0.3) is 32.7 Å². The SMILES string of the molecule is CCCC(CC)C(CC)c1ccc2ccc(N(c3ccccc3)c3ccc(-c4ccc(N(c5ccc(C(C)(CC)CC)cc5)c5cccc6ccccc56)cc4)cc3)cc2c1. The second kappa shape index (κ2) is 18.7. The summed E-state index contributed by atoms with van der Waals surface area (Å²) in [5.74, 6) is 1.30. The van der Waals surface area contributed by atoms with Crippen LogP contribution in [0.4, 0.5) is 34.1 Å². The fourth-order valence-corrected chi connectivity index (χ4v) is 9.66. The molecule has 0 fully saturated rings. The van der Waals surface area contributed by atoms with E-state index >= 15 is 0 Å². The van der Waals surface area contributed by atoms with Gasteiger partial charge in [0.1, 0.15) is 0 Å². The molecule has 0 N–H and O–H groups in total. The van der Waals surface area contributed by atoms with Crippen LogP contribution in [0, 0.1) is 5.92 Å². The highest BCUT2D eigenvalue weighted by Gasteiger charge is 2.24. The average molecular weight is 799 g/mol. The third-order valence-electron chi connectivity index (χ3n) is 13.7. The van der Waals surface area contributed by atoms with Crippen LogP contribution < -0.4 is 9.80 Å². The van der Waals surface area contributed by atoms with E-state index in [1.54, 1.807) is 0 Å². The van der Waals surface area contributed by atoms with Crippen LogP contribution in [0.5, 0.6) is 0 Å². The zero-order chi connectivity index (χ0) is 42.3. The lowest BCUT2D eigenvalue weighted by atomic mass is 9.78. The van der Waals surface area contributed by atoms with Crippen molar-refractivity contribution in [1.29, 1.82) is 0 Å². The Morgan fingerprint density at radius 2 is 1.00 bits per heavy atom. The molecule has 2 unspecified atom stereocenters. The van der Waals surface area contributed by atoms with E-state index in [2.05, 4.69) is 233 Å². The average Bonchev–Trinajstić information content (AvgIpc) is 3.32. The Hall–Kier alpha value is -6.12. The molecule has 2 heteroatoms. The van der Waals surface area contributed by atoms with Crippen molar-refractivity contribution in [1.82, 2.24) is 0 Å². The molecule has 0 aliphatic heterocycles. The molecule has 8 aromatic rings. The molecule has 0 aliphatic rings. The van der Waals surface area contributed by atoms with Gasteiger partial charge in [-0.25, -0.2) is 0 Å². The first-order valence-corrected chi connectivity index (χ1v) is 22.9. The van der Waals surface area contributed by atoms with Crippen LogP contribution in [0.1, 0.15) is 97.1 Å². The maximum atomic E-state index is 2.46. The van der Waals surface area contributed by atoms with E-state index in [4.69, 9.17) is 0 Å². The first-order chi connectivity index (χ1) is 29.9. The molecule has 0 amide bonds. The predicted molar refractivity (Wildman–Crippen MR) is 266 cm³/mol. The number of rotatable bonds is 16. The lowest BCUT2D eigenvalue weighted by molar-refractivity contribution is 0.371. The Morgan fingerprint density at radius 3 is 1.62 bits per heavy atom. The minimum atomic E-state index is 0.169. The molecule has 0 bridgehead atoms. The quantitative estimate of drug-likeness (QED) is 0.0961. The molecule has 308 valence electrons. The summed E-state index contributed by atoms with van der Waals surface area (Å²) in [5.41, 5.74) is 12.3. The summed E-state index contributed by atoms with van der Waals surface area (Å²) >= 11 is 0. The molecule has 8 rings (SSSR count). The highest BCUT2D eigenvalue weighted by molar-refractivity contribution is 5.99. The Labute approximate surface area is 365 Å². The normalized spacial score (nSPS) is 12.7. The second-order valence-corrected chi connectivity index (χ2v) is 17.2. The van der Waals surface area contributed by atoms with Crippen molar-refractivity contribution in [3.63, 3.8) is 0 Å². The van der Waals surface area contributed by atoms with Crippen molar-refractivity contribution in [2.45, 2.75) is 91.4 Å². The van der Waals surface area contributed by atoms with Gasteiger partial charge in [0.25, 0.3) is 0 Å². The van der Waals surface area contributed by atoms with Crippen LogP contribution in [-0.4, -0.2) is 0 Å². The fourth-order valence-electron chi connectivity index (χ4n) is 9.66. The molecule has 2 nitrogen and oxygen atoms in total. The van der Waals surface area contributed by atoms with Crippen molar-refractivity contribution in [2.24, 2.45) is 5.92 Å². The monoisotopic (exact) mass is 798 g/mol. The van der Waals surface area contributed by atoms with Crippen LogP contribution in [0.2, 0.25) is 0 Å². The minimum absolute atomic E-state index is 0.169. The molecular weight excluding hydrogens is 737 g/mol. The number of fused-ring (bicyclic) bond motifs is 2. The van der Waals surface area contributed by atoms with Crippen molar-refractivity contribution in [3.05, 3.63) is 193 Å². The molecule has 2 atom stereocenters. The van der Waals surface area contributed by atoms with E-state index in [1.165, 1.54) is 75.2 Å². The van der Waals surface area contributed by atoms with E-state index in [0.717, 1.165) is 47.2 Å². The van der Waals surface area contributed by atoms with E-state index < -0.39 is 0 Å². The summed E-state index contributed by atoms with van der Waals surface area (Å²) in [6, 6.07) is 67.6. The molecule has 0 radical (unpaired) electrons. The minimum Gasteiger partial charge on any atom is -0.310 e. The molecule has 0 aromatic heterocycles. The smallest absolute Gasteiger partial charge is 0.0540 e. The Kier molecular flexibility index (Phi) is 12.7. The summed E-state index contributed by atoms with van der Waals surface area (Å²) in [5, 5.41) is 5.05. The second-order valence-electron chi connectivity index (χ2n) is 17.2. The lowest BCUT2D eigenvalue weighted by Gasteiger charge is -2.30. The van der Waals surface area contributed by atoms with Crippen LogP contribution in [0.15, 0.2) is 182 Å². The van der Waals surface area contributed by atoms with Gasteiger partial charge in [0.05, 0.1) is 5.69 Å². The number of hydrogen-bond donors (Lipinski definition) is 0. The number of benzene rings is 8. The van der Waals surface area contributed by atoms with Gasteiger partial charge >= 0.3 is 0 Å². The third kappa shape index (κ3) is 8.60. The van der Waals surface area contributed by atoms with Crippen molar-refractivity contribution in [2.75, 3.05) is 9.80 Å². The van der Waals surface area contributed by atoms with E-state index in [1.807, 2.05) is 0 Å². The first-order valence-electron chi connectivity index (χ1n) is 22.9. The Balaban J connectivity index is 1.12. The number of para-hydroxylation sites is 1. The topological polar surface area (TPSA) is 6.48 Å². The van der Waals surface area contributed by atoms with Gasteiger partial charge in [0, 0.05) is 33.8 Å². The van der Waals surface area contributed by atoms with Gasteiger partial charge < -0.3 is 9.80 Å². The molecule has 0 spiro atoms. The highest BCUT2D eigenvalue weighted by Crippen LogP contribution is 2.43. The predicted octanol–water partition coefficient (Wildman–Crippen LogP) is 18.0. The molecule has 61 heavy (non-hydrogen) atoms. The third-order valence-corrected chi connectivity index (χ3v) is 13.7. The van der Waals surface area contributed by atoms with E-state index in [0.29, 0.717) is 5.92 Å². The fraction of sp³-hybridized carbons (Fsp3) is 0.254. The number of hydrogen-bond acceptors (Lipinski definition) is 2. The first kappa shape index (κ1) is 41.6.